The number of hydrogen-bond acceptors (Lipinski definition) is 6. The average Bonchev–Trinajstić information content (AvgIpc) is 3.67. The van der Waals surface area contributed by atoms with Gasteiger partial charge in [0.05, 0.1) is 10.4 Å². The molecule has 0 fully saturated rings. The number of nitrogens with zero attached hydrogens (tertiary/aromatic N) is 4. The summed E-state index contributed by atoms with van der Waals surface area (Å²) in [5.41, 5.74) is 7.34. The fourth-order valence-corrected chi connectivity index (χ4v) is 7.03. The highest BCUT2D eigenvalue weighted by atomic mass is 32.1. The molecule has 0 bridgehead atoms. The molecule has 44 heavy (non-hydrogen) atoms. The van der Waals surface area contributed by atoms with E-state index in [9.17, 15) is 0 Å². The first-order valence-electron chi connectivity index (χ1n) is 14.4. The first kappa shape index (κ1) is 24.8. The largest absolute Gasteiger partial charge is 0.454 e. The minimum absolute atomic E-state index is 0.625. The van der Waals surface area contributed by atoms with Crippen molar-refractivity contribution in [2.45, 2.75) is 0 Å². The van der Waals surface area contributed by atoms with Crippen LogP contribution in [0.5, 0.6) is 0 Å². The highest BCUT2D eigenvalue weighted by molar-refractivity contribution is 7.26. The predicted molar refractivity (Wildman–Crippen MR) is 180 cm³/mol. The van der Waals surface area contributed by atoms with Crippen molar-refractivity contribution >= 4 is 53.6 Å². The van der Waals surface area contributed by atoms with Crippen LogP contribution in [0.2, 0.25) is 0 Å². The number of pyridine rings is 1. The zero-order chi connectivity index (χ0) is 29.0. The van der Waals surface area contributed by atoms with Gasteiger partial charge in [0.25, 0.3) is 0 Å². The predicted octanol–water partition coefficient (Wildman–Crippen LogP) is 10.2. The summed E-state index contributed by atoms with van der Waals surface area (Å²) in [7, 11) is 0. The number of benzene rings is 5. The van der Waals surface area contributed by atoms with Crippen molar-refractivity contribution in [1.29, 1.82) is 0 Å². The van der Waals surface area contributed by atoms with E-state index >= 15 is 0 Å². The van der Waals surface area contributed by atoms with Gasteiger partial charge in [-0.05, 0) is 18.2 Å². The molecule has 0 atom stereocenters. The lowest BCUT2D eigenvalue weighted by Crippen LogP contribution is -2.00. The van der Waals surface area contributed by atoms with E-state index in [1.165, 1.54) is 10.1 Å². The number of hydrogen-bond donors (Lipinski definition) is 0. The lowest BCUT2D eigenvalue weighted by molar-refractivity contribution is 0.672. The molecule has 0 radical (unpaired) electrons. The molecule has 9 rings (SSSR count). The Bertz CT molecular complexity index is 2430. The number of para-hydroxylation sites is 1. The van der Waals surface area contributed by atoms with E-state index in [4.69, 9.17) is 24.4 Å². The summed E-state index contributed by atoms with van der Waals surface area (Å²) in [5, 5.41) is 3.32. The molecule has 206 valence electrons. The van der Waals surface area contributed by atoms with E-state index in [-0.39, 0.29) is 0 Å². The maximum Gasteiger partial charge on any atom is 0.164 e. The van der Waals surface area contributed by atoms with Gasteiger partial charge in [-0.25, -0.2) is 19.9 Å². The molecule has 0 N–H and O–H groups in total. The molecule has 0 amide bonds. The second kappa shape index (κ2) is 9.93. The van der Waals surface area contributed by atoms with Crippen molar-refractivity contribution < 1.29 is 4.42 Å². The normalized spacial score (nSPS) is 11.6. The minimum Gasteiger partial charge on any atom is -0.454 e. The zero-order valence-corrected chi connectivity index (χ0v) is 24.1. The summed E-state index contributed by atoms with van der Waals surface area (Å²) in [5.74, 6) is 1.91. The quantitative estimate of drug-likeness (QED) is 0.207. The van der Waals surface area contributed by atoms with Crippen LogP contribution in [0.25, 0.3) is 87.7 Å². The number of furan rings is 1. The second-order valence-electron chi connectivity index (χ2n) is 10.7. The number of rotatable bonds is 4. The maximum absolute atomic E-state index is 6.42. The van der Waals surface area contributed by atoms with Crippen LogP contribution in [-0.4, -0.2) is 19.9 Å². The van der Waals surface area contributed by atoms with E-state index in [1.807, 2.05) is 78.9 Å². The van der Waals surface area contributed by atoms with Crippen molar-refractivity contribution in [2.24, 2.45) is 0 Å². The van der Waals surface area contributed by atoms with Gasteiger partial charge in [0, 0.05) is 43.1 Å². The van der Waals surface area contributed by atoms with Crippen molar-refractivity contribution in [3.63, 3.8) is 0 Å². The Labute approximate surface area is 256 Å². The Morgan fingerprint density at radius 1 is 0.455 bits per heavy atom. The summed E-state index contributed by atoms with van der Waals surface area (Å²) in [6, 6.07) is 45.1. The van der Waals surface area contributed by atoms with Crippen LogP contribution in [0.4, 0.5) is 0 Å². The molecule has 5 nitrogen and oxygen atoms in total. The fourth-order valence-electron chi connectivity index (χ4n) is 5.82. The summed E-state index contributed by atoms with van der Waals surface area (Å²) in [4.78, 5) is 19.9. The highest BCUT2D eigenvalue weighted by Crippen LogP contribution is 2.45. The Morgan fingerprint density at radius 2 is 0.977 bits per heavy atom. The maximum atomic E-state index is 6.42. The molecule has 9 aromatic rings. The van der Waals surface area contributed by atoms with Gasteiger partial charge in [-0.1, -0.05) is 115 Å². The van der Waals surface area contributed by atoms with Crippen molar-refractivity contribution in [3.8, 4) is 45.4 Å². The van der Waals surface area contributed by atoms with Gasteiger partial charge in [0.15, 0.2) is 23.1 Å². The Balaban J connectivity index is 1.22. The second-order valence-corrected chi connectivity index (χ2v) is 11.7. The van der Waals surface area contributed by atoms with E-state index < -0.39 is 0 Å². The van der Waals surface area contributed by atoms with E-state index in [0.29, 0.717) is 17.5 Å². The van der Waals surface area contributed by atoms with Gasteiger partial charge in [-0.3, -0.25) is 0 Å². The highest BCUT2D eigenvalue weighted by Gasteiger charge is 2.21. The standard InChI is InChI=1S/C38H22N4OS/c1-3-11-24(12-4-1)36-40-37(25-13-5-2-6-14-25)42-38(41-36)26-21-19-23(20-22-26)32-35-31(28-16-8-10-18-30(28)44-35)34-33(39-32)27-15-7-9-17-29(27)43-34/h1-22H. The van der Waals surface area contributed by atoms with Crippen molar-refractivity contribution in [3.05, 3.63) is 133 Å². The summed E-state index contributed by atoms with van der Waals surface area (Å²) < 4.78 is 8.74. The van der Waals surface area contributed by atoms with Crippen LogP contribution in [0.3, 0.4) is 0 Å². The van der Waals surface area contributed by atoms with Gasteiger partial charge < -0.3 is 4.42 Å². The molecule has 0 saturated carbocycles. The summed E-state index contributed by atoms with van der Waals surface area (Å²) >= 11 is 1.75. The third kappa shape index (κ3) is 4.00. The minimum atomic E-state index is 0.625. The molecule has 4 heterocycles. The number of aromatic nitrogens is 4. The van der Waals surface area contributed by atoms with Crippen LogP contribution >= 0.6 is 11.3 Å². The van der Waals surface area contributed by atoms with Gasteiger partial charge in [-0.2, -0.15) is 0 Å². The molecule has 0 aliphatic heterocycles. The van der Waals surface area contributed by atoms with Crippen molar-refractivity contribution in [2.75, 3.05) is 0 Å². The fraction of sp³-hybridized carbons (Fsp3) is 0. The molecular formula is C38H22N4OS. The van der Waals surface area contributed by atoms with Gasteiger partial charge >= 0.3 is 0 Å². The molecule has 5 aromatic carbocycles. The Morgan fingerprint density at radius 3 is 1.64 bits per heavy atom. The molecule has 0 aliphatic rings. The van der Waals surface area contributed by atoms with E-state index in [2.05, 4.69) is 54.6 Å². The monoisotopic (exact) mass is 582 g/mol. The Kier molecular flexibility index (Phi) is 5.61. The van der Waals surface area contributed by atoms with Gasteiger partial charge in [0.1, 0.15) is 11.1 Å². The van der Waals surface area contributed by atoms with E-state index in [1.54, 1.807) is 11.3 Å². The Hall–Kier alpha value is -5.72. The molecule has 6 heteroatoms. The first-order chi connectivity index (χ1) is 21.8. The molecular weight excluding hydrogens is 561 g/mol. The molecule has 0 spiro atoms. The molecule has 0 saturated heterocycles. The number of fused-ring (bicyclic) bond motifs is 7. The zero-order valence-electron chi connectivity index (χ0n) is 23.3. The summed E-state index contributed by atoms with van der Waals surface area (Å²) in [6.45, 7) is 0. The van der Waals surface area contributed by atoms with Crippen LogP contribution in [0, 0.1) is 0 Å². The third-order valence-electron chi connectivity index (χ3n) is 7.95. The average molecular weight is 583 g/mol. The number of thiophene rings is 1. The van der Waals surface area contributed by atoms with Crippen LogP contribution in [0.15, 0.2) is 138 Å². The van der Waals surface area contributed by atoms with Crippen LogP contribution < -0.4 is 0 Å². The van der Waals surface area contributed by atoms with Crippen molar-refractivity contribution in [1.82, 2.24) is 19.9 Å². The van der Waals surface area contributed by atoms with E-state index in [0.717, 1.165) is 60.1 Å². The van der Waals surface area contributed by atoms with Crippen LogP contribution in [0.1, 0.15) is 0 Å². The summed E-state index contributed by atoms with van der Waals surface area (Å²) in [6.07, 6.45) is 0. The molecule has 4 aromatic heterocycles. The van der Waals surface area contributed by atoms with Gasteiger partial charge in [-0.15, -0.1) is 11.3 Å². The lowest BCUT2D eigenvalue weighted by Gasteiger charge is -2.09. The SMILES string of the molecule is c1ccc(-c2nc(-c3ccccc3)nc(-c3ccc(-c4nc5c6ccccc6oc5c5c4sc4ccccc45)cc3)n2)cc1. The van der Waals surface area contributed by atoms with Crippen LogP contribution in [-0.2, 0) is 0 Å². The third-order valence-corrected chi connectivity index (χ3v) is 9.12. The lowest BCUT2D eigenvalue weighted by atomic mass is 10.0. The van der Waals surface area contributed by atoms with Gasteiger partial charge in [0.2, 0.25) is 0 Å². The smallest absolute Gasteiger partial charge is 0.164 e. The molecule has 0 unspecified atom stereocenters. The topological polar surface area (TPSA) is 64.7 Å². The molecule has 0 aliphatic carbocycles. The first-order valence-corrected chi connectivity index (χ1v) is 15.2.